The number of para-hydroxylation sites is 1. The predicted molar refractivity (Wildman–Crippen MR) is 114 cm³/mol. The Balaban J connectivity index is 2.13. The van der Waals surface area contributed by atoms with E-state index in [4.69, 9.17) is 4.74 Å². The van der Waals surface area contributed by atoms with E-state index in [0.717, 1.165) is 0 Å². The van der Waals surface area contributed by atoms with Gasteiger partial charge in [0.2, 0.25) is 0 Å². The summed E-state index contributed by atoms with van der Waals surface area (Å²) in [5, 5.41) is 5.44. The van der Waals surface area contributed by atoms with Gasteiger partial charge in [-0.25, -0.2) is 0 Å². The van der Waals surface area contributed by atoms with Crippen LogP contribution in [0.3, 0.4) is 0 Å². The number of ether oxygens (including phenoxy) is 1. The topological polar surface area (TPSA) is 78.3 Å². The van der Waals surface area contributed by atoms with Crippen LogP contribution in [-0.4, -0.2) is 21.5 Å². The van der Waals surface area contributed by atoms with E-state index in [-0.39, 0.29) is 23.5 Å². The molecule has 148 valence electrons. The zero-order valence-corrected chi connectivity index (χ0v) is 16.3. The summed E-state index contributed by atoms with van der Waals surface area (Å²) in [5.74, 6) is -0.485. The Labute approximate surface area is 172 Å². The highest BCUT2D eigenvalue weighted by molar-refractivity contribution is 6.18. The molecule has 0 fully saturated rings. The van der Waals surface area contributed by atoms with Crippen LogP contribution in [0.15, 0.2) is 83.9 Å². The van der Waals surface area contributed by atoms with E-state index < -0.39 is 5.97 Å². The molecule has 0 atom stereocenters. The maximum Gasteiger partial charge on any atom is 0.308 e. The number of aromatic nitrogens is 2. The molecule has 0 saturated heterocycles. The van der Waals surface area contributed by atoms with Crippen molar-refractivity contribution in [3.8, 4) is 5.69 Å². The smallest absolute Gasteiger partial charge is 0.308 e. The molecule has 1 heterocycles. The lowest BCUT2D eigenvalue weighted by molar-refractivity contribution is -0.136. The Morgan fingerprint density at radius 1 is 1.13 bits per heavy atom. The number of hydrogen-bond acceptors (Lipinski definition) is 5. The molecule has 2 aromatic carbocycles. The quantitative estimate of drug-likeness (QED) is 0.377. The Morgan fingerprint density at radius 3 is 2.60 bits per heavy atom. The van der Waals surface area contributed by atoms with Crippen molar-refractivity contribution >= 4 is 28.1 Å². The van der Waals surface area contributed by atoms with Crippen LogP contribution in [0.4, 0.5) is 0 Å². The van der Waals surface area contributed by atoms with E-state index in [1.165, 1.54) is 17.7 Å². The molecular formula is C24H18N2O4. The highest BCUT2D eigenvalue weighted by Crippen LogP contribution is 2.36. The van der Waals surface area contributed by atoms with Crippen molar-refractivity contribution in [2.45, 2.75) is 13.3 Å². The van der Waals surface area contributed by atoms with Crippen LogP contribution in [0.2, 0.25) is 0 Å². The highest BCUT2D eigenvalue weighted by Gasteiger charge is 2.29. The number of Topliss-reactive ketones (excluding diaryl/α,β-unsaturated/α-hetero) is 1. The normalized spacial score (nSPS) is 14.8. The lowest BCUT2D eigenvalue weighted by atomic mass is 9.87. The Bertz CT molecular complexity index is 1310. The highest BCUT2D eigenvalue weighted by atomic mass is 16.5. The number of carbonyl (C=O) groups is 2. The van der Waals surface area contributed by atoms with Crippen LogP contribution in [0.1, 0.15) is 29.4 Å². The van der Waals surface area contributed by atoms with Gasteiger partial charge in [-0.1, -0.05) is 49.1 Å². The zero-order valence-electron chi connectivity index (χ0n) is 16.3. The van der Waals surface area contributed by atoms with E-state index >= 15 is 0 Å². The van der Waals surface area contributed by atoms with Gasteiger partial charge in [0.15, 0.2) is 5.78 Å². The monoisotopic (exact) mass is 398 g/mol. The molecular weight excluding hydrogens is 380 g/mol. The van der Waals surface area contributed by atoms with E-state index in [1.54, 1.807) is 42.5 Å². The molecule has 0 bridgehead atoms. The summed E-state index contributed by atoms with van der Waals surface area (Å²) < 4.78 is 6.69. The lowest BCUT2D eigenvalue weighted by Crippen LogP contribution is -2.26. The minimum atomic E-state index is -0.523. The summed E-state index contributed by atoms with van der Waals surface area (Å²) in [6, 6.07) is 14.1. The average Bonchev–Trinajstić information content (AvgIpc) is 2.75. The van der Waals surface area contributed by atoms with Crippen LogP contribution < -0.4 is 5.56 Å². The number of nitrogens with zero attached hydrogens (tertiary/aromatic N) is 2. The van der Waals surface area contributed by atoms with Gasteiger partial charge >= 0.3 is 5.97 Å². The number of allylic oxidation sites excluding steroid dienone is 4. The third kappa shape index (κ3) is 3.28. The maximum absolute atomic E-state index is 13.2. The van der Waals surface area contributed by atoms with E-state index in [2.05, 4.69) is 11.7 Å². The van der Waals surface area contributed by atoms with Crippen molar-refractivity contribution in [1.82, 2.24) is 9.78 Å². The van der Waals surface area contributed by atoms with Crippen LogP contribution in [0.5, 0.6) is 0 Å². The SMILES string of the molecule is C=C/C=C\C(OC(C)=O)=C1/CC(=O)c2cccc3c(=O)n(-c4ccccc4)nc1c23. The zero-order chi connectivity index (χ0) is 21.3. The molecule has 1 aliphatic rings. The number of benzene rings is 2. The van der Waals surface area contributed by atoms with Crippen molar-refractivity contribution in [2.75, 3.05) is 0 Å². The third-order valence-corrected chi connectivity index (χ3v) is 4.78. The van der Waals surface area contributed by atoms with Gasteiger partial charge in [-0.2, -0.15) is 9.78 Å². The van der Waals surface area contributed by atoms with E-state index in [0.29, 0.717) is 33.3 Å². The second-order valence-electron chi connectivity index (χ2n) is 6.76. The Hall–Kier alpha value is -4.06. The van der Waals surface area contributed by atoms with Crippen molar-refractivity contribution in [3.63, 3.8) is 0 Å². The van der Waals surface area contributed by atoms with Gasteiger partial charge in [-0.15, -0.1) is 0 Å². The number of hydrogen-bond donors (Lipinski definition) is 0. The van der Waals surface area contributed by atoms with Gasteiger partial charge < -0.3 is 4.74 Å². The van der Waals surface area contributed by atoms with Crippen LogP contribution >= 0.6 is 0 Å². The summed E-state index contributed by atoms with van der Waals surface area (Å²) in [7, 11) is 0. The molecule has 0 N–H and O–H groups in total. The first kappa shape index (κ1) is 19.3. The van der Waals surface area contributed by atoms with Crippen molar-refractivity contribution in [2.24, 2.45) is 0 Å². The predicted octanol–water partition coefficient (Wildman–Crippen LogP) is 3.99. The van der Waals surface area contributed by atoms with Crippen molar-refractivity contribution in [1.29, 1.82) is 0 Å². The lowest BCUT2D eigenvalue weighted by Gasteiger charge is -2.21. The second kappa shape index (κ2) is 7.75. The van der Waals surface area contributed by atoms with Gasteiger partial charge in [0.1, 0.15) is 11.5 Å². The minimum Gasteiger partial charge on any atom is -0.426 e. The largest absolute Gasteiger partial charge is 0.426 e. The summed E-state index contributed by atoms with van der Waals surface area (Å²) in [5.41, 5.74) is 1.59. The molecule has 0 spiro atoms. The van der Waals surface area contributed by atoms with Crippen LogP contribution in [0.25, 0.3) is 22.0 Å². The van der Waals surface area contributed by atoms with E-state index in [9.17, 15) is 14.4 Å². The summed E-state index contributed by atoms with van der Waals surface area (Å²) >= 11 is 0. The average molecular weight is 398 g/mol. The number of esters is 1. The molecule has 0 unspecified atom stereocenters. The molecule has 6 heteroatoms. The van der Waals surface area contributed by atoms with Gasteiger partial charge in [0, 0.05) is 29.9 Å². The Kier molecular flexibility index (Phi) is 4.98. The van der Waals surface area contributed by atoms with Crippen LogP contribution in [-0.2, 0) is 9.53 Å². The number of rotatable bonds is 4. The molecule has 0 aliphatic heterocycles. The second-order valence-corrected chi connectivity index (χ2v) is 6.76. The first-order valence-electron chi connectivity index (χ1n) is 9.37. The maximum atomic E-state index is 13.2. The number of ketones is 1. The molecule has 6 nitrogen and oxygen atoms in total. The standard InChI is InChI=1S/C24H18N2O4/c1-3-4-13-21(30-15(2)27)19-14-20(28)17-11-8-12-18-22(17)23(19)25-26(24(18)29)16-9-6-5-7-10-16/h3-13H,1,14H2,2H3/b13-4-,21-19-. The summed E-state index contributed by atoms with van der Waals surface area (Å²) in [6.07, 6.45) is 4.71. The molecule has 4 rings (SSSR count). The van der Waals surface area contributed by atoms with Gasteiger partial charge in [-0.05, 0) is 24.3 Å². The van der Waals surface area contributed by atoms with Crippen LogP contribution in [0, 0.1) is 0 Å². The first-order valence-corrected chi connectivity index (χ1v) is 9.37. The van der Waals surface area contributed by atoms with E-state index in [1.807, 2.05) is 18.2 Å². The third-order valence-electron chi connectivity index (χ3n) is 4.78. The minimum absolute atomic E-state index is 0.00377. The molecule has 0 radical (unpaired) electrons. The first-order chi connectivity index (χ1) is 14.5. The van der Waals surface area contributed by atoms with Crippen molar-refractivity contribution < 1.29 is 14.3 Å². The molecule has 3 aromatic rings. The fourth-order valence-electron chi connectivity index (χ4n) is 3.53. The molecule has 1 aliphatic carbocycles. The number of carbonyl (C=O) groups excluding carboxylic acids is 2. The Morgan fingerprint density at radius 2 is 1.90 bits per heavy atom. The van der Waals surface area contributed by atoms with Crippen molar-refractivity contribution in [3.05, 3.63) is 101 Å². The molecule has 0 saturated carbocycles. The summed E-state index contributed by atoms with van der Waals surface area (Å²) in [6.45, 7) is 4.92. The summed E-state index contributed by atoms with van der Waals surface area (Å²) in [4.78, 5) is 37.7. The molecule has 30 heavy (non-hydrogen) atoms. The van der Waals surface area contributed by atoms with Gasteiger partial charge in [0.25, 0.3) is 5.56 Å². The fourth-order valence-corrected chi connectivity index (χ4v) is 3.53. The fraction of sp³-hybridized carbons (Fsp3) is 0.0833. The van der Waals surface area contributed by atoms with Gasteiger partial charge in [0.05, 0.1) is 11.1 Å². The molecule has 1 aromatic heterocycles. The molecule has 0 amide bonds. The van der Waals surface area contributed by atoms with Gasteiger partial charge in [-0.3, -0.25) is 14.4 Å².